The van der Waals surface area contributed by atoms with Gasteiger partial charge in [-0.25, -0.2) is 0 Å². The highest BCUT2D eigenvalue weighted by Gasteiger charge is 2.12. The van der Waals surface area contributed by atoms with Crippen LogP contribution in [-0.4, -0.2) is 4.98 Å². The number of H-pyrrole nitrogens is 1. The van der Waals surface area contributed by atoms with Crippen molar-refractivity contribution < 1.29 is 0 Å². The zero-order chi connectivity index (χ0) is 16.4. The van der Waals surface area contributed by atoms with Crippen molar-refractivity contribution in [2.24, 2.45) is 0 Å². The van der Waals surface area contributed by atoms with Gasteiger partial charge >= 0.3 is 0 Å². The van der Waals surface area contributed by atoms with Crippen molar-refractivity contribution in [3.8, 4) is 28.5 Å². The van der Waals surface area contributed by atoms with E-state index in [0.717, 1.165) is 15.6 Å². The van der Waals surface area contributed by atoms with Gasteiger partial charge in [0.15, 0.2) is 0 Å². The number of nitrogens with two attached hydrogens (primary N) is 1. The molecular weight excluding hydrogens is 354 g/mol. The number of rotatable bonds is 2. The van der Waals surface area contributed by atoms with E-state index in [-0.39, 0.29) is 5.56 Å². The molecule has 0 atom stereocenters. The quantitative estimate of drug-likeness (QED) is 0.675. The van der Waals surface area contributed by atoms with Gasteiger partial charge in [-0.1, -0.05) is 40.2 Å². The molecule has 3 rings (SSSR count). The van der Waals surface area contributed by atoms with Gasteiger partial charge in [0.2, 0.25) is 0 Å². The summed E-state index contributed by atoms with van der Waals surface area (Å²) in [4.78, 5) is 15.0. The van der Waals surface area contributed by atoms with Gasteiger partial charge in [-0.15, -0.1) is 0 Å². The largest absolute Gasteiger partial charge is 0.399 e. The highest BCUT2D eigenvalue weighted by Crippen LogP contribution is 2.28. The number of aromatic amines is 1. The van der Waals surface area contributed by atoms with E-state index in [2.05, 4.69) is 20.9 Å². The van der Waals surface area contributed by atoms with Crippen molar-refractivity contribution in [3.63, 3.8) is 0 Å². The fraction of sp³-hybridized carbons (Fsp3) is 0. The number of nitrogen functional groups attached to an aromatic ring is 1. The van der Waals surface area contributed by atoms with Crippen LogP contribution in [0, 0.1) is 11.3 Å². The number of hydrogen-bond acceptors (Lipinski definition) is 3. The molecule has 4 nitrogen and oxygen atoms in total. The minimum atomic E-state index is -0.406. The third-order valence-electron chi connectivity index (χ3n) is 3.50. The minimum absolute atomic E-state index is 0.0993. The molecule has 5 heteroatoms. The smallest absolute Gasteiger partial charge is 0.266 e. The molecule has 0 radical (unpaired) electrons. The third kappa shape index (κ3) is 3.03. The fourth-order valence-electron chi connectivity index (χ4n) is 2.37. The van der Waals surface area contributed by atoms with E-state index in [1.54, 1.807) is 12.1 Å². The predicted octanol–water partition coefficient (Wildman–Crippen LogP) is 3.93. The molecule has 23 heavy (non-hydrogen) atoms. The summed E-state index contributed by atoms with van der Waals surface area (Å²) in [5.41, 5.74) is 8.92. The molecule has 0 aliphatic rings. The summed E-state index contributed by atoms with van der Waals surface area (Å²) in [6, 6.07) is 18.5. The maximum absolute atomic E-state index is 12.3. The third-order valence-corrected chi connectivity index (χ3v) is 4.00. The van der Waals surface area contributed by atoms with Crippen LogP contribution in [-0.2, 0) is 0 Å². The van der Waals surface area contributed by atoms with Gasteiger partial charge in [0.1, 0.15) is 11.6 Å². The van der Waals surface area contributed by atoms with Gasteiger partial charge in [0.05, 0.1) is 0 Å². The Balaban J connectivity index is 2.24. The summed E-state index contributed by atoms with van der Waals surface area (Å²) in [5.74, 6) is 0. The summed E-state index contributed by atoms with van der Waals surface area (Å²) >= 11 is 3.41. The Labute approximate surface area is 141 Å². The van der Waals surface area contributed by atoms with Crippen LogP contribution in [0.5, 0.6) is 0 Å². The fourth-order valence-corrected chi connectivity index (χ4v) is 2.77. The summed E-state index contributed by atoms with van der Waals surface area (Å²) in [7, 11) is 0. The molecule has 0 saturated carbocycles. The Bertz CT molecular complexity index is 969. The first-order valence-corrected chi connectivity index (χ1v) is 7.67. The molecule has 0 aliphatic carbocycles. The van der Waals surface area contributed by atoms with Gasteiger partial charge in [-0.3, -0.25) is 4.79 Å². The number of halogens is 1. The number of hydrogen-bond donors (Lipinski definition) is 2. The second-order valence-electron chi connectivity index (χ2n) is 5.04. The molecule has 0 saturated heterocycles. The number of anilines is 1. The molecule has 2 aromatic carbocycles. The van der Waals surface area contributed by atoms with Crippen LogP contribution in [0.25, 0.3) is 22.4 Å². The Morgan fingerprint density at radius 3 is 2.43 bits per heavy atom. The molecule has 1 heterocycles. The number of benzene rings is 2. The molecule has 3 aromatic rings. The Morgan fingerprint density at radius 2 is 1.78 bits per heavy atom. The van der Waals surface area contributed by atoms with Crippen LogP contribution in [0.4, 0.5) is 5.69 Å². The molecule has 0 aliphatic heterocycles. The summed E-state index contributed by atoms with van der Waals surface area (Å²) in [6.45, 7) is 0. The van der Waals surface area contributed by atoms with Crippen LogP contribution in [0.15, 0.2) is 63.9 Å². The molecule has 0 spiro atoms. The SMILES string of the molecule is N#Cc1c(-c2cccc(Br)c2)cc(-c2ccc(N)cc2)[nH]c1=O. The lowest BCUT2D eigenvalue weighted by atomic mass is 9.99. The standard InChI is InChI=1S/C18H12BrN3O/c19-13-3-1-2-12(8-13)15-9-17(22-18(23)16(15)10-20)11-4-6-14(21)7-5-11/h1-9H,21H2,(H,22,23). The number of pyridine rings is 1. The number of nitrogens with one attached hydrogen (secondary N) is 1. The highest BCUT2D eigenvalue weighted by atomic mass is 79.9. The number of nitriles is 1. The van der Waals surface area contributed by atoms with Crippen LogP contribution in [0.1, 0.15) is 5.56 Å². The second kappa shape index (κ2) is 6.11. The lowest BCUT2D eigenvalue weighted by molar-refractivity contribution is 1.22. The zero-order valence-electron chi connectivity index (χ0n) is 12.0. The maximum Gasteiger partial charge on any atom is 0.266 e. The molecule has 3 N–H and O–H groups in total. The van der Waals surface area contributed by atoms with E-state index in [4.69, 9.17) is 5.73 Å². The van der Waals surface area contributed by atoms with Crippen molar-refractivity contribution in [2.45, 2.75) is 0 Å². The van der Waals surface area contributed by atoms with Gasteiger partial charge in [0, 0.05) is 21.4 Å². The number of nitrogens with zero attached hydrogens (tertiary/aromatic N) is 1. The zero-order valence-corrected chi connectivity index (χ0v) is 13.6. The van der Waals surface area contributed by atoms with E-state index < -0.39 is 5.56 Å². The van der Waals surface area contributed by atoms with Crippen LogP contribution in [0.2, 0.25) is 0 Å². The first kappa shape index (κ1) is 15.1. The van der Waals surface area contributed by atoms with E-state index >= 15 is 0 Å². The van der Waals surface area contributed by atoms with Crippen molar-refractivity contribution >= 4 is 21.6 Å². The lowest BCUT2D eigenvalue weighted by Gasteiger charge is -2.09. The molecule has 0 unspecified atom stereocenters. The topological polar surface area (TPSA) is 82.7 Å². The van der Waals surface area contributed by atoms with Gasteiger partial charge in [-0.2, -0.15) is 5.26 Å². The van der Waals surface area contributed by atoms with Crippen molar-refractivity contribution in [1.82, 2.24) is 4.98 Å². The normalized spacial score (nSPS) is 10.3. The average molecular weight is 366 g/mol. The summed E-state index contributed by atoms with van der Waals surface area (Å²) < 4.78 is 0.883. The highest BCUT2D eigenvalue weighted by molar-refractivity contribution is 9.10. The summed E-state index contributed by atoms with van der Waals surface area (Å²) in [5, 5.41) is 9.33. The first-order chi connectivity index (χ1) is 11.1. The summed E-state index contributed by atoms with van der Waals surface area (Å²) in [6.07, 6.45) is 0. The Hall–Kier alpha value is -2.84. The van der Waals surface area contributed by atoms with Crippen LogP contribution in [0.3, 0.4) is 0 Å². The predicted molar refractivity (Wildman–Crippen MR) is 94.8 cm³/mol. The Kier molecular flexibility index (Phi) is 4.00. The van der Waals surface area contributed by atoms with Gasteiger partial charge in [0.25, 0.3) is 5.56 Å². The molecule has 1 aromatic heterocycles. The van der Waals surface area contributed by atoms with Crippen molar-refractivity contribution in [1.29, 1.82) is 5.26 Å². The molecular formula is C18H12BrN3O. The van der Waals surface area contributed by atoms with E-state index in [9.17, 15) is 10.1 Å². The van der Waals surface area contributed by atoms with E-state index in [0.29, 0.717) is 16.9 Å². The van der Waals surface area contributed by atoms with E-state index in [1.165, 1.54) is 0 Å². The van der Waals surface area contributed by atoms with Gasteiger partial charge < -0.3 is 10.7 Å². The molecule has 0 bridgehead atoms. The van der Waals surface area contributed by atoms with Crippen molar-refractivity contribution in [3.05, 3.63) is 75.0 Å². The first-order valence-electron chi connectivity index (χ1n) is 6.88. The Morgan fingerprint density at radius 1 is 1.04 bits per heavy atom. The lowest BCUT2D eigenvalue weighted by Crippen LogP contribution is -2.12. The van der Waals surface area contributed by atoms with Crippen molar-refractivity contribution in [2.75, 3.05) is 5.73 Å². The van der Waals surface area contributed by atoms with Crippen LogP contribution >= 0.6 is 15.9 Å². The minimum Gasteiger partial charge on any atom is -0.399 e. The molecule has 0 fully saturated rings. The monoisotopic (exact) mass is 365 g/mol. The maximum atomic E-state index is 12.3. The van der Waals surface area contributed by atoms with E-state index in [1.807, 2.05) is 48.5 Å². The van der Waals surface area contributed by atoms with Gasteiger partial charge in [-0.05, 0) is 41.5 Å². The van der Waals surface area contributed by atoms with Crippen LogP contribution < -0.4 is 11.3 Å². The number of aromatic nitrogens is 1. The molecule has 0 amide bonds. The average Bonchev–Trinajstić information content (AvgIpc) is 2.55. The molecule has 112 valence electrons. The second-order valence-corrected chi connectivity index (χ2v) is 5.96.